The van der Waals surface area contributed by atoms with E-state index < -0.39 is 21.1 Å². The normalized spacial score (nSPS) is 11.2. The summed E-state index contributed by atoms with van der Waals surface area (Å²) in [7, 11) is 0. The molecule has 0 saturated carbocycles. The van der Waals surface area contributed by atoms with Gasteiger partial charge in [-0.3, -0.25) is 25.0 Å². The first-order valence-corrected chi connectivity index (χ1v) is 12.4. The lowest BCUT2D eigenvalue weighted by Crippen LogP contribution is -2.22. The molecular formula is C25H19BrClN5O6. The number of hydrogen-bond acceptors (Lipinski definition) is 8. The molecule has 13 heteroatoms. The Balaban J connectivity index is 1.80. The molecule has 194 valence electrons. The maximum absolute atomic E-state index is 13.3. The molecule has 0 spiro atoms. The molecule has 0 unspecified atom stereocenters. The van der Waals surface area contributed by atoms with Crippen molar-refractivity contribution >= 4 is 56.0 Å². The molecule has 0 atom stereocenters. The molecule has 4 aromatic rings. The van der Waals surface area contributed by atoms with Gasteiger partial charge in [0, 0.05) is 39.7 Å². The lowest BCUT2D eigenvalue weighted by atomic mass is 10.1. The monoisotopic (exact) mass is 599 g/mol. The summed E-state index contributed by atoms with van der Waals surface area (Å²) in [4.78, 5) is 39.5. The van der Waals surface area contributed by atoms with Crippen LogP contribution in [0.2, 0.25) is 5.02 Å². The van der Waals surface area contributed by atoms with Crippen LogP contribution in [0.15, 0.2) is 69.0 Å². The van der Waals surface area contributed by atoms with E-state index in [1.165, 1.54) is 30.5 Å². The fourth-order valence-electron chi connectivity index (χ4n) is 3.72. The summed E-state index contributed by atoms with van der Waals surface area (Å²) in [6.45, 7) is 1.74. The second kappa shape index (κ2) is 11.5. The van der Waals surface area contributed by atoms with E-state index in [1.807, 2.05) is 6.92 Å². The number of halogens is 2. The van der Waals surface area contributed by atoms with E-state index in [2.05, 4.69) is 26.0 Å². The number of non-ortho nitro benzene ring substituents is 1. The lowest BCUT2D eigenvalue weighted by molar-refractivity contribution is -0.386. The summed E-state index contributed by atoms with van der Waals surface area (Å²) in [5, 5.41) is 27.6. The Bertz CT molecular complexity index is 1660. The average Bonchev–Trinajstić information content (AvgIpc) is 2.88. The molecule has 0 radical (unpaired) electrons. The molecule has 4 rings (SSSR count). The fourth-order valence-corrected chi connectivity index (χ4v) is 4.31. The van der Waals surface area contributed by atoms with Gasteiger partial charge in [-0.15, -0.1) is 0 Å². The number of hydrogen-bond donors (Lipinski definition) is 0. The molecule has 1 heterocycles. The van der Waals surface area contributed by atoms with Crippen LogP contribution in [0, 0.1) is 20.2 Å². The lowest BCUT2D eigenvalue weighted by Gasteiger charge is -2.11. The van der Waals surface area contributed by atoms with Gasteiger partial charge in [0.1, 0.15) is 12.4 Å². The number of rotatable bonds is 9. The van der Waals surface area contributed by atoms with Crippen molar-refractivity contribution in [1.29, 1.82) is 0 Å². The number of fused-ring (bicyclic) bond motifs is 1. The standard InChI is InChI=1S/C25H19BrClN5O6/c1-2-4-23-29-21-8-7-17(26)11-20(21)25(33)30(23)28-13-16-10-18(27)12-22(32(36)37)24(16)38-14-15-5-3-6-19(9-15)31(34)35/h3,5-13H,2,4,14H2,1H3. The molecule has 0 amide bonds. The third kappa shape index (κ3) is 5.87. The largest absolute Gasteiger partial charge is 0.481 e. The molecule has 0 aliphatic heterocycles. The zero-order valence-electron chi connectivity index (χ0n) is 19.8. The first kappa shape index (κ1) is 26.9. The van der Waals surface area contributed by atoms with E-state index >= 15 is 0 Å². The van der Waals surface area contributed by atoms with E-state index in [9.17, 15) is 25.0 Å². The van der Waals surface area contributed by atoms with Crippen molar-refractivity contribution in [3.05, 3.63) is 112 Å². The average molecular weight is 601 g/mol. The van der Waals surface area contributed by atoms with Gasteiger partial charge in [-0.25, -0.2) is 4.98 Å². The highest BCUT2D eigenvalue weighted by Gasteiger charge is 2.21. The molecule has 3 aromatic carbocycles. The highest BCUT2D eigenvalue weighted by Crippen LogP contribution is 2.34. The van der Waals surface area contributed by atoms with E-state index in [0.29, 0.717) is 39.6 Å². The minimum absolute atomic E-state index is 0.0579. The Morgan fingerprint density at radius 3 is 2.63 bits per heavy atom. The number of aryl methyl sites for hydroxylation is 1. The third-order valence-corrected chi connectivity index (χ3v) is 6.14. The maximum atomic E-state index is 13.3. The Morgan fingerprint density at radius 1 is 1.13 bits per heavy atom. The molecule has 0 N–H and O–H groups in total. The molecule has 11 nitrogen and oxygen atoms in total. The fraction of sp³-hybridized carbons (Fsp3) is 0.160. The van der Waals surface area contributed by atoms with Crippen molar-refractivity contribution < 1.29 is 14.6 Å². The summed E-state index contributed by atoms with van der Waals surface area (Å²) < 4.78 is 7.61. The van der Waals surface area contributed by atoms with Crippen LogP contribution >= 0.6 is 27.5 Å². The van der Waals surface area contributed by atoms with Gasteiger partial charge in [-0.05, 0) is 36.2 Å². The Kier molecular flexibility index (Phi) is 8.13. The number of aromatic nitrogens is 2. The van der Waals surface area contributed by atoms with Crippen LogP contribution in [0.4, 0.5) is 11.4 Å². The van der Waals surface area contributed by atoms with Gasteiger partial charge >= 0.3 is 5.69 Å². The van der Waals surface area contributed by atoms with Gasteiger partial charge in [-0.1, -0.05) is 46.6 Å². The Morgan fingerprint density at radius 2 is 1.92 bits per heavy atom. The SMILES string of the molecule is CCCc1nc2ccc(Br)cc2c(=O)n1N=Cc1cc(Cl)cc([N+](=O)[O-])c1OCc1cccc([N+](=O)[O-])c1. The number of benzene rings is 3. The van der Waals surface area contributed by atoms with Crippen molar-refractivity contribution in [3.8, 4) is 5.75 Å². The van der Waals surface area contributed by atoms with Crippen LogP contribution in [0.5, 0.6) is 5.75 Å². The number of nitro benzene ring substituents is 2. The molecular weight excluding hydrogens is 582 g/mol. The predicted molar refractivity (Wildman–Crippen MR) is 146 cm³/mol. The number of ether oxygens (including phenoxy) is 1. The smallest absolute Gasteiger partial charge is 0.313 e. The second-order valence-corrected chi connectivity index (χ2v) is 9.47. The van der Waals surface area contributed by atoms with Crippen LogP contribution in [0.25, 0.3) is 10.9 Å². The minimum atomic E-state index is -0.657. The number of nitro groups is 2. The van der Waals surface area contributed by atoms with Crippen LogP contribution in [0.3, 0.4) is 0 Å². The van der Waals surface area contributed by atoms with Gasteiger partial charge in [0.15, 0.2) is 0 Å². The van der Waals surface area contributed by atoms with Gasteiger partial charge < -0.3 is 4.74 Å². The third-order valence-electron chi connectivity index (χ3n) is 5.43. The summed E-state index contributed by atoms with van der Waals surface area (Å²) in [6, 6.07) is 13.4. The van der Waals surface area contributed by atoms with Gasteiger partial charge in [0.2, 0.25) is 5.75 Å². The zero-order chi connectivity index (χ0) is 27.4. The first-order chi connectivity index (χ1) is 18.2. The quantitative estimate of drug-likeness (QED) is 0.129. The highest BCUT2D eigenvalue weighted by molar-refractivity contribution is 9.10. The van der Waals surface area contributed by atoms with Gasteiger partial charge in [0.05, 0.1) is 27.0 Å². The molecule has 0 aliphatic carbocycles. The second-order valence-electron chi connectivity index (χ2n) is 8.12. The van der Waals surface area contributed by atoms with Crippen molar-refractivity contribution in [3.63, 3.8) is 0 Å². The molecule has 0 saturated heterocycles. The topological polar surface area (TPSA) is 143 Å². The predicted octanol–water partition coefficient (Wildman–Crippen LogP) is 6.04. The first-order valence-electron chi connectivity index (χ1n) is 11.3. The zero-order valence-corrected chi connectivity index (χ0v) is 22.2. The van der Waals surface area contributed by atoms with Crippen LogP contribution in [0.1, 0.15) is 30.3 Å². The van der Waals surface area contributed by atoms with Crippen molar-refractivity contribution in [1.82, 2.24) is 9.66 Å². The Labute approximate surface area is 228 Å². The molecule has 0 fully saturated rings. The Hall–Kier alpha value is -4.16. The van der Waals surface area contributed by atoms with E-state index in [1.54, 1.807) is 24.3 Å². The van der Waals surface area contributed by atoms with Crippen molar-refractivity contribution in [2.75, 3.05) is 0 Å². The molecule has 0 bridgehead atoms. The van der Waals surface area contributed by atoms with Gasteiger partial charge in [0.25, 0.3) is 11.2 Å². The summed E-state index contributed by atoms with van der Waals surface area (Å²) in [5.74, 6) is 0.260. The molecule has 0 aliphatic rings. The maximum Gasteiger partial charge on any atom is 0.313 e. The van der Waals surface area contributed by atoms with E-state index in [0.717, 1.165) is 10.7 Å². The van der Waals surface area contributed by atoms with E-state index in [4.69, 9.17) is 16.3 Å². The van der Waals surface area contributed by atoms with Crippen LogP contribution in [-0.4, -0.2) is 25.7 Å². The van der Waals surface area contributed by atoms with E-state index in [-0.39, 0.29) is 28.6 Å². The van der Waals surface area contributed by atoms with Crippen LogP contribution < -0.4 is 10.3 Å². The summed E-state index contributed by atoms with van der Waals surface area (Å²) >= 11 is 9.50. The van der Waals surface area contributed by atoms with Crippen molar-refractivity contribution in [2.45, 2.75) is 26.4 Å². The summed E-state index contributed by atoms with van der Waals surface area (Å²) in [5.41, 5.74) is 0.109. The molecule has 1 aromatic heterocycles. The molecule has 38 heavy (non-hydrogen) atoms. The van der Waals surface area contributed by atoms with Crippen LogP contribution in [-0.2, 0) is 13.0 Å². The summed E-state index contributed by atoms with van der Waals surface area (Å²) in [6.07, 6.45) is 2.41. The van der Waals surface area contributed by atoms with Gasteiger partial charge in [-0.2, -0.15) is 9.78 Å². The minimum Gasteiger partial charge on any atom is -0.481 e. The number of nitrogens with zero attached hydrogens (tertiary/aromatic N) is 5. The highest BCUT2D eigenvalue weighted by atomic mass is 79.9. The van der Waals surface area contributed by atoms with Crippen molar-refractivity contribution in [2.24, 2.45) is 5.10 Å².